The molecule has 2 amide bonds. The molecule has 0 saturated carbocycles. The third-order valence-electron chi connectivity index (χ3n) is 4.46. The Morgan fingerprint density at radius 1 is 1.07 bits per heavy atom. The third kappa shape index (κ3) is 4.83. The maximum absolute atomic E-state index is 13.8. The van der Waals surface area contributed by atoms with Gasteiger partial charge in [-0.25, -0.2) is 8.78 Å². The molecule has 1 saturated heterocycles. The molecule has 1 heterocycles. The highest BCUT2D eigenvalue weighted by molar-refractivity contribution is 6.39. The lowest BCUT2D eigenvalue weighted by Gasteiger charge is -2.29. The summed E-state index contributed by atoms with van der Waals surface area (Å²) in [5, 5.41) is 4.95. The number of hydrogen-bond donors (Lipinski definition) is 2. The maximum atomic E-state index is 13.8. The second-order valence-electron chi connectivity index (χ2n) is 6.46. The molecule has 3 rings (SSSR count). The maximum Gasteiger partial charge on any atom is 0.313 e. The first-order valence-corrected chi connectivity index (χ1v) is 8.93. The highest BCUT2D eigenvalue weighted by Gasteiger charge is 2.20. The predicted octanol–water partition coefficient (Wildman–Crippen LogP) is 2.62. The Labute approximate surface area is 161 Å². The summed E-state index contributed by atoms with van der Waals surface area (Å²) >= 11 is 0. The monoisotopic (exact) mass is 389 g/mol. The first-order valence-electron chi connectivity index (χ1n) is 8.93. The van der Waals surface area contributed by atoms with Gasteiger partial charge in [0.15, 0.2) is 0 Å². The quantitative estimate of drug-likeness (QED) is 0.789. The molecular weight excluding hydrogens is 368 g/mol. The van der Waals surface area contributed by atoms with E-state index in [0.29, 0.717) is 18.9 Å². The van der Waals surface area contributed by atoms with E-state index in [4.69, 9.17) is 4.74 Å². The molecule has 148 valence electrons. The van der Waals surface area contributed by atoms with Crippen LogP contribution < -0.4 is 15.5 Å². The number of halogens is 2. The lowest BCUT2D eigenvalue weighted by Crippen LogP contribution is -2.37. The Bertz CT molecular complexity index is 870. The number of hydrogen-bond acceptors (Lipinski definition) is 4. The van der Waals surface area contributed by atoms with Crippen molar-refractivity contribution in [2.45, 2.75) is 13.0 Å². The molecule has 1 unspecified atom stereocenters. The van der Waals surface area contributed by atoms with E-state index in [1.54, 1.807) is 18.2 Å². The minimum Gasteiger partial charge on any atom is -0.378 e. The fraction of sp³-hybridized carbons (Fsp3) is 0.300. The van der Waals surface area contributed by atoms with Crippen molar-refractivity contribution in [1.82, 2.24) is 5.32 Å². The van der Waals surface area contributed by atoms with Gasteiger partial charge in [0, 0.05) is 36.1 Å². The Hall–Kier alpha value is -3.00. The minimum absolute atomic E-state index is 0.0943. The summed E-state index contributed by atoms with van der Waals surface area (Å²) in [5.74, 6) is -3.27. The number of ether oxygens (including phenoxy) is 1. The average molecular weight is 389 g/mol. The van der Waals surface area contributed by atoms with Crippen molar-refractivity contribution >= 4 is 23.2 Å². The number of carbonyl (C=O) groups is 2. The van der Waals surface area contributed by atoms with Gasteiger partial charge in [0.1, 0.15) is 11.6 Å². The van der Waals surface area contributed by atoms with Gasteiger partial charge in [-0.1, -0.05) is 12.1 Å². The summed E-state index contributed by atoms with van der Waals surface area (Å²) < 4.78 is 32.1. The van der Waals surface area contributed by atoms with Gasteiger partial charge in [-0.2, -0.15) is 0 Å². The standard InChI is InChI=1S/C20H21F2N3O3/c1-13(17-6-5-14(21)11-18(17)22)23-19(26)20(27)24-15-3-2-4-16(12-15)25-7-9-28-10-8-25/h2-6,11-13H,7-10H2,1H3,(H,23,26)(H,24,27). The molecule has 28 heavy (non-hydrogen) atoms. The topological polar surface area (TPSA) is 70.7 Å². The van der Waals surface area contributed by atoms with Crippen LogP contribution in [0.25, 0.3) is 0 Å². The molecule has 1 aliphatic heterocycles. The Morgan fingerprint density at radius 2 is 1.82 bits per heavy atom. The molecule has 0 bridgehead atoms. The number of morpholine rings is 1. The zero-order valence-corrected chi connectivity index (χ0v) is 15.4. The molecule has 2 aromatic carbocycles. The molecule has 1 atom stereocenters. The van der Waals surface area contributed by atoms with Crippen molar-refractivity contribution in [1.29, 1.82) is 0 Å². The second-order valence-corrected chi connectivity index (χ2v) is 6.46. The van der Waals surface area contributed by atoms with Crippen molar-refractivity contribution in [3.05, 3.63) is 59.7 Å². The van der Waals surface area contributed by atoms with Crippen LogP contribution in [0, 0.1) is 11.6 Å². The number of nitrogens with one attached hydrogen (secondary N) is 2. The number of anilines is 2. The summed E-state index contributed by atoms with van der Waals surface area (Å²) in [7, 11) is 0. The molecule has 2 aromatic rings. The van der Waals surface area contributed by atoms with Crippen molar-refractivity contribution < 1.29 is 23.1 Å². The Morgan fingerprint density at radius 3 is 2.54 bits per heavy atom. The van der Waals surface area contributed by atoms with Crippen molar-refractivity contribution in [2.75, 3.05) is 36.5 Å². The first-order chi connectivity index (χ1) is 13.4. The molecule has 8 heteroatoms. The highest BCUT2D eigenvalue weighted by Crippen LogP contribution is 2.21. The van der Waals surface area contributed by atoms with Gasteiger partial charge in [0.2, 0.25) is 0 Å². The molecule has 0 aliphatic carbocycles. The van der Waals surface area contributed by atoms with E-state index in [-0.39, 0.29) is 5.56 Å². The molecular formula is C20H21F2N3O3. The number of amides is 2. The summed E-state index contributed by atoms with van der Waals surface area (Å²) in [5.41, 5.74) is 1.49. The number of nitrogens with zero attached hydrogens (tertiary/aromatic N) is 1. The van der Waals surface area contributed by atoms with Crippen LogP contribution in [0.5, 0.6) is 0 Å². The molecule has 0 aromatic heterocycles. The molecule has 0 spiro atoms. The third-order valence-corrected chi connectivity index (χ3v) is 4.46. The molecule has 2 N–H and O–H groups in total. The fourth-order valence-corrected chi connectivity index (χ4v) is 2.98. The first kappa shape index (κ1) is 19.8. The molecule has 1 aliphatic rings. The van der Waals surface area contributed by atoms with Crippen LogP contribution in [-0.4, -0.2) is 38.1 Å². The van der Waals surface area contributed by atoms with Gasteiger partial charge in [0.25, 0.3) is 0 Å². The van der Waals surface area contributed by atoms with Crippen LogP contribution >= 0.6 is 0 Å². The van der Waals surface area contributed by atoms with Gasteiger partial charge >= 0.3 is 11.8 Å². The Kier molecular flexibility index (Phi) is 6.20. The smallest absolute Gasteiger partial charge is 0.313 e. The van der Waals surface area contributed by atoms with E-state index in [9.17, 15) is 18.4 Å². The number of carbonyl (C=O) groups excluding carboxylic acids is 2. The lowest BCUT2D eigenvalue weighted by molar-refractivity contribution is -0.136. The van der Waals surface area contributed by atoms with E-state index in [1.807, 2.05) is 6.07 Å². The van der Waals surface area contributed by atoms with E-state index >= 15 is 0 Å². The molecule has 6 nitrogen and oxygen atoms in total. The predicted molar refractivity (Wildman–Crippen MR) is 101 cm³/mol. The summed E-state index contributed by atoms with van der Waals surface area (Å²) in [4.78, 5) is 26.5. The van der Waals surface area contributed by atoms with Gasteiger partial charge in [-0.15, -0.1) is 0 Å². The van der Waals surface area contributed by atoms with E-state index < -0.39 is 29.5 Å². The average Bonchev–Trinajstić information content (AvgIpc) is 2.68. The van der Waals surface area contributed by atoms with E-state index in [1.165, 1.54) is 13.0 Å². The van der Waals surface area contributed by atoms with Crippen molar-refractivity contribution in [3.63, 3.8) is 0 Å². The fourth-order valence-electron chi connectivity index (χ4n) is 2.98. The van der Waals surface area contributed by atoms with Crippen LogP contribution in [0.15, 0.2) is 42.5 Å². The van der Waals surface area contributed by atoms with Gasteiger partial charge in [0.05, 0.1) is 19.3 Å². The molecule has 0 radical (unpaired) electrons. The highest BCUT2D eigenvalue weighted by atomic mass is 19.1. The number of benzene rings is 2. The van der Waals surface area contributed by atoms with Gasteiger partial charge < -0.3 is 20.3 Å². The summed E-state index contributed by atoms with van der Waals surface area (Å²) in [6.07, 6.45) is 0. The Balaban J connectivity index is 1.61. The van der Waals surface area contributed by atoms with Crippen LogP contribution in [-0.2, 0) is 14.3 Å². The van der Waals surface area contributed by atoms with E-state index in [2.05, 4.69) is 15.5 Å². The van der Waals surface area contributed by atoms with Crippen molar-refractivity contribution in [3.8, 4) is 0 Å². The van der Waals surface area contributed by atoms with E-state index in [0.717, 1.165) is 30.9 Å². The summed E-state index contributed by atoms with van der Waals surface area (Å²) in [6, 6.07) is 9.43. The van der Waals surface area contributed by atoms with Crippen LogP contribution in [0.3, 0.4) is 0 Å². The zero-order chi connectivity index (χ0) is 20.1. The van der Waals surface area contributed by atoms with Crippen LogP contribution in [0.1, 0.15) is 18.5 Å². The van der Waals surface area contributed by atoms with Gasteiger partial charge in [-0.05, 0) is 31.2 Å². The zero-order valence-electron chi connectivity index (χ0n) is 15.4. The normalized spacial score (nSPS) is 15.0. The summed E-state index contributed by atoms with van der Waals surface area (Å²) in [6.45, 7) is 4.28. The SMILES string of the molecule is CC(NC(=O)C(=O)Nc1cccc(N2CCOCC2)c1)c1ccc(F)cc1F. The minimum atomic E-state index is -0.909. The number of rotatable bonds is 4. The van der Waals surface area contributed by atoms with Crippen molar-refractivity contribution in [2.24, 2.45) is 0 Å². The van der Waals surface area contributed by atoms with Gasteiger partial charge in [-0.3, -0.25) is 9.59 Å². The van der Waals surface area contributed by atoms with Crippen LogP contribution in [0.2, 0.25) is 0 Å². The largest absolute Gasteiger partial charge is 0.378 e. The second kappa shape index (κ2) is 8.79. The molecule has 1 fully saturated rings. The van der Waals surface area contributed by atoms with Crippen LogP contribution in [0.4, 0.5) is 20.2 Å². The lowest BCUT2D eigenvalue weighted by atomic mass is 10.1.